The molecule has 5 heteroatoms. The van der Waals surface area contributed by atoms with Crippen LogP contribution in [0.3, 0.4) is 0 Å². The fourth-order valence-corrected chi connectivity index (χ4v) is 3.58. The summed E-state index contributed by atoms with van der Waals surface area (Å²) in [6, 6.07) is 12.6. The third-order valence-corrected chi connectivity index (χ3v) is 4.69. The number of nitrogens with zero attached hydrogens (tertiary/aromatic N) is 1. The Morgan fingerprint density at radius 1 is 1.14 bits per heavy atom. The smallest absolute Gasteiger partial charge is 0.327 e. The minimum absolute atomic E-state index is 0.201. The van der Waals surface area contributed by atoms with Crippen molar-refractivity contribution in [2.24, 2.45) is 0 Å². The summed E-state index contributed by atoms with van der Waals surface area (Å²) < 4.78 is 0. The zero-order valence-corrected chi connectivity index (χ0v) is 12.2. The van der Waals surface area contributed by atoms with Gasteiger partial charge in [0.1, 0.15) is 6.04 Å². The van der Waals surface area contributed by atoms with Crippen LogP contribution < -0.4 is 0 Å². The van der Waals surface area contributed by atoms with Gasteiger partial charge in [0.25, 0.3) is 5.91 Å². The summed E-state index contributed by atoms with van der Waals surface area (Å²) in [4.78, 5) is 25.4. The van der Waals surface area contributed by atoms with Gasteiger partial charge in [-0.25, -0.2) is 4.79 Å². The number of thioether (sulfide) groups is 1. The molecule has 108 valence electrons. The molecule has 21 heavy (non-hydrogen) atoms. The van der Waals surface area contributed by atoms with Crippen molar-refractivity contribution in [1.82, 2.24) is 4.90 Å². The van der Waals surface area contributed by atoms with E-state index in [0.29, 0.717) is 17.9 Å². The van der Waals surface area contributed by atoms with Crippen LogP contribution in [-0.2, 0) is 4.79 Å². The van der Waals surface area contributed by atoms with Crippen molar-refractivity contribution in [1.29, 1.82) is 0 Å². The average Bonchev–Trinajstić information content (AvgIpc) is 2.53. The fraction of sp³-hybridized carbons (Fsp3) is 0.250. The molecule has 1 N–H and O–H groups in total. The molecule has 1 unspecified atom stereocenters. The lowest BCUT2D eigenvalue weighted by Gasteiger charge is -2.32. The molecule has 2 aromatic rings. The van der Waals surface area contributed by atoms with Gasteiger partial charge in [0.2, 0.25) is 0 Å². The molecule has 1 heterocycles. The number of carboxylic acid groups (broad SMARTS) is 1. The van der Waals surface area contributed by atoms with Crippen LogP contribution >= 0.6 is 11.8 Å². The van der Waals surface area contributed by atoms with Crippen molar-refractivity contribution < 1.29 is 14.7 Å². The molecule has 1 aliphatic rings. The van der Waals surface area contributed by atoms with Crippen LogP contribution in [0, 0.1) is 0 Å². The maximum absolute atomic E-state index is 12.6. The van der Waals surface area contributed by atoms with E-state index in [-0.39, 0.29) is 5.91 Å². The lowest BCUT2D eigenvalue weighted by Crippen LogP contribution is -2.50. The van der Waals surface area contributed by atoms with Crippen molar-refractivity contribution in [3.63, 3.8) is 0 Å². The number of carboxylic acids is 1. The molecule has 0 aromatic heterocycles. The van der Waals surface area contributed by atoms with Gasteiger partial charge in [-0.2, -0.15) is 11.8 Å². The van der Waals surface area contributed by atoms with Crippen LogP contribution in [0.25, 0.3) is 10.8 Å². The lowest BCUT2D eigenvalue weighted by atomic mass is 10.1. The third kappa shape index (κ3) is 2.74. The Kier molecular flexibility index (Phi) is 3.84. The first-order chi connectivity index (χ1) is 10.2. The Hall–Kier alpha value is -2.01. The Bertz CT molecular complexity index is 701. The summed E-state index contributed by atoms with van der Waals surface area (Å²) in [7, 11) is 0. The van der Waals surface area contributed by atoms with Crippen molar-refractivity contribution in [2.45, 2.75) is 6.04 Å². The summed E-state index contributed by atoms with van der Waals surface area (Å²) >= 11 is 1.58. The third-order valence-electron chi connectivity index (χ3n) is 3.67. The molecule has 0 bridgehead atoms. The second kappa shape index (κ2) is 5.77. The molecular weight excluding hydrogens is 286 g/mol. The van der Waals surface area contributed by atoms with Crippen LogP contribution in [0.4, 0.5) is 0 Å². The Morgan fingerprint density at radius 2 is 1.90 bits per heavy atom. The number of carbonyl (C=O) groups excluding carboxylic acids is 1. The highest BCUT2D eigenvalue weighted by atomic mass is 32.2. The highest BCUT2D eigenvalue weighted by Crippen LogP contribution is 2.21. The number of carbonyl (C=O) groups is 2. The van der Waals surface area contributed by atoms with Crippen LogP contribution in [-0.4, -0.2) is 46.0 Å². The zero-order valence-electron chi connectivity index (χ0n) is 11.4. The average molecular weight is 301 g/mol. The maximum Gasteiger partial charge on any atom is 0.327 e. The Labute approximate surface area is 126 Å². The molecule has 3 rings (SSSR count). The van der Waals surface area contributed by atoms with Gasteiger partial charge in [-0.1, -0.05) is 30.3 Å². The van der Waals surface area contributed by atoms with E-state index in [2.05, 4.69) is 0 Å². The Morgan fingerprint density at radius 3 is 2.67 bits per heavy atom. The van der Waals surface area contributed by atoms with E-state index in [1.807, 2.05) is 36.4 Å². The summed E-state index contributed by atoms with van der Waals surface area (Å²) in [5, 5.41) is 11.3. The molecule has 2 aromatic carbocycles. The molecule has 0 radical (unpaired) electrons. The van der Waals surface area contributed by atoms with Crippen LogP contribution in [0.5, 0.6) is 0 Å². The van der Waals surface area contributed by atoms with Crippen LogP contribution in [0.1, 0.15) is 10.4 Å². The molecule has 0 aliphatic carbocycles. The predicted molar refractivity (Wildman–Crippen MR) is 83.7 cm³/mol. The highest BCUT2D eigenvalue weighted by molar-refractivity contribution is 7.99. The van der Waals surface area contributed by atoms with Gasteiger partial charge in [0.05, 0.1) is 0 Å². The number of hydrogen-bond donors (Lipinski definition) is 1. The number of rotatable bonds is 2. The SMILES string of the molecule is O=C(O)C1CSCCN1C(=O)c1ccc2ccccc2c1. The van der Waals surface area contributed by atoms with Crippen molar-refractivity contribution in [3.05, 3.63) is 48.0 Å². The Balaban J connectivity index is 1.93. The summed E-state index contributed by atoms with van der Waals surface area (Å²) in [6.45, 7) is 0.479. The van der Waals surface area contributed by atoms with Gasteiger partial charge < -0.3 is 10.0 Å². The molecule has 0 saturated carbocycles. The summed E-state index contributed by atoms with van der Waals surface area (Å²) in [5.74, 6) is 0.0994. The van der Waals surface area contributed by atoms with Crippen molar-refractivity contribution in [2.75, 3.05) is 18.1 Å². The topological polar surface area (TPSA) is 57.6 Å². The first-order valence-electron chi connectivity index (χ1n) is 6.77. The molecule has 1 fully saturated rings. The van der Waals surface area contributed by atoms with E-state index in [4.69, 9.17) is 0 Å². The van der Waals surface area contributed by atoms with Gasteiger partial charge in [-0.3, -0.25) is 4.79 Å². The van der Waals surface area contributed by atoms with Crippen LogP contribution in [0.2, 0.25) is 0 Å². The molecular formula is C16H15NO3S. The van der Waals surface area contributed by atoms with Gasteiger partial charge >= 0.3 is 5.97 Å². The summed E-state index contributed by atoms with van der Waals surface area (Å²) in [5.41, 5.74) is 0.548. The monoisotopic (exact) mass is 301 g/mol. The first-order valence-corrected chi connectivity index (χ1v) is 7.92. The van der Waals surface area contributed by atoms with E-state index < -0.39 is 12.0 Å². The van der Waals surface area contributed by atoms with E-state index in [1.54, 1.807) is 17.8 Å². The zero-order chi connectivity index (χ0) is 14.8. The molecule has 0 spiro atoms. The molecule has 4 nitrogen and oxygen atoms in total. The van der Waals surface area contributed by atoms with E-state index in [1.165, 1.54) is 4.90 Å². The van der Waals surface area contributed by atoms with Gasteiger partial charge in [-0.05, 0) is 22.9 Å². The normalized spacial score (nSPS) is 18.7. The largest absolute Gasteiger partial charge is 0.480 e. The van der Waals surface area contributed by atoms with Crippen molar-refractivity contribution in [3.8, 4) is 0 Å². The number of hydrogen-bond acceptors (Lipinski definition) is 3. The minimum atomic E-state index is -0.934. The highest BCUT2D eigenvalue weighted by Gasteiger charge is 2.32. The predicted octanol–water partition coefficient (Wildman–Crippen LogP) is 2.48. The molecule has 1 atom stereocenters. The minimum Gasteiger partial charge on any atom is -0.480 e. The standard InChI is InChI=1S/C16H15NO3S/c18-15(17-7-8-21-10-14(17)16(19)20)13-6-5-11-3-1-2-4-12(11)9-13/h1-6,9,14H,7-8,10H2,(H,19,20). The first kappa shape index (κ1) is 13.9. The van der Waals surface area contributed by atoms with E-state index >= 15 is 0 Å². The van der Waals surface area contributed by atoms with Crippen LogP contribution in [0.15, 0.2) is 42.5 Å². The number of fused-ring (bicyclic) bond motifs is 1. The van der Waals surface area contributed by atoms with E-state index in [0.717, 1.165) is 16.5 Å². The summed E-state index contributed by atoms with van der Waals surface area (Å²) in [6.07, 6.45) is 0. The quantitative estimate of drug-likeness (QED) is 0.926. The molecule has 1 saturated heterocycles. The lowest BCUT2D eigenvalue weighted by molar-refractivity contribution is -0.141. The maximum atomic E-state index is 12.6. The second-order valence-electron chi connectivity index (χ2n) is 4.99. The van der Waals surface area contributed by atoms with E-state index in [9.17, 15) is 14.7 Å². The van der Waals surface area contributed by atoms with Gasteiger partial charge in [0.15, 0.2) is 0 Å². The van der Waals surface area contributed by atoms with Crippen molar-refractivity contribution >= 4 is 34.4 Å². The second-order valence-corrected chi connectivity index (χ2v) is 6.14. The fourth-order valence-electron chi connectivity index (χ4n) is 2.54. The molecule has 1 aliphatic heterocycles. The number of aliphatic carboxylic acids is 1. The van der Waals surface area contributed by atoms with Gasteiger partial charge in [0, 0.05) is 23.6 Å². The number of benzene rings is 2. The molecule has 1 amide bonds. The number of amides is 1. The van der Waals surface area contributed by atoms with Gasteiger partial charge in [-0.15, -0.1) is 0 Å².